The fourth-order valence-electron chi connectivity index (χ4n) is 2.12. The van der Waals surface area contributed by atoms with E-state index in [9.17, 15) is 0 Å². The number of aryl methyl sites for hydroxylation is 2. The highest BCUT2D eigenvalue weighted by Crippen LogP contribution is 2.21. The lowest BCUT2D eigenvalue weighted by Crippen LogP contribution is -2.14. The molecule has 1 aromatic heterocycles. The second-order valence-corrected chi connectivity index (χ2v) is 4.60. The fraction of sp³-hybridized carbons (Fsp3) is 0.286. The van der Waals surface area contributed by atoms with E-state index in [0.29, 0.717) is 12.1 Å². The Hall–Kier alpha value is -2.50. The van der Waals surface area contributed by atoms with Gasteiger partial charge in [0.25, 0.3) is 0 Å². The van der Waals surface area contributed by atoms with Crippen molar-refractivity contribution in [3.8, 4) is 5.75 Å². The van der Waals surface area contributed by atoms with Crippen molar-refractivity contribution < 1.29 is 9.94 Å². The summed E-state index contributed by atoms with van der Waals surface area (Å²) in [6.45, 7) is 4.52. The van der Waals surface area contributed by atoms with E-state index in [2.05, 4.69) is 10.3 Å². The van der Waals surface area contributed by atoms with Crippen molar-refractivity contribution in [1.82, 2.24) is 9.78 Å². The van der Waals surface area contributed by atoms with Gasteiger partial charge < -0.3 is 15.7 Å². The first-order chi connectivity index (χ1) is 9.55. The van der Waals surface area contributed by atoms with E-state index in [1.807, 2.05) is 30.7 Å². The lowest BCUT2D eigenvalue weighted by Gasteiger charge is -2.11. The van der Waals surface area contributed by atoms with Crippen LogP contribution in [0.5, 0.6) is 5.75 Å². The Morgan fingerprint density at radius 1 is 1.40 bits per heavy atom. The van der Waals surface area contributed by atoms with E-state index in [0.717, 1.165) is 22.7 Å². The Kier molecular flexibility index (Phi) is 3.93. The van der Waals surface area contributed by atoms with Gasteiger partial charge in [0.15, 0.2) is 5.84 Å². The van der Waals surface area contributed by atoms with Crippen LogP contribution in [0.25, 0.3) is 0 Å². The van der Waals surface area contributed by atoms with Crippen molar-refractivity contribution in [2.75, 3.05) is 7.11 Å². The molecule has 6 heteroatoms. The van der Waals surface area contributed by atoms with Crippen molar-refractivity contribution >= 4 is 5.84 Å². The molecular weight excluding hydrogens is 256 g/mol. The maximum atomic E-state index is 8.76. The standard InChI is InChI=1S/C14H18N4O2/c1-9-6-10(2)18(16-9)8-12-7-11(14(15)17-19)4-5-13(12)20-3/h4-7,19H,8H2,1-3H3,(H2,15,17). The van der Waals surface area contributed by atoms with Gasteiger partial charge in [-0.2, -0.15) is 5.10 Å². The van der Waals surface area contributed by atoms with Crippen LogP contribution >= 0.6 is 0 Å². The molecule has 0 amide bonds. The first-order valence-electron chi connectivity index (χ1n) is 6.21. The van der Waals surface area contributed by atoms with E-state index < -0.39 is 0 Å². The third-order valence-electron chi connectivity index (χ3n) is 3.11. The molecule has 1 aromatic carbocycles. The van der Waals surface area contributed by atoms with E-state index >= 15 is 0 Å². The summed E-state index contributed by atoms with van der Waals surface area (Å²) < 4.78 is 7.24. The number of hydrogen-bond acceptors (Lipinski definition) is 4. The van der Waals surface area contributed by atoms with Gasteiger partial charge in [-0.25, -0.2) is 0 Å². The van der Waals surface area contributed by atoms with Crippen LogP contribution in [0.4, 0.5) is 0 Å². The number of rotatable bonds is 4. The second-order valence-electron chi connectivity index (χ2n) is 4.60. The minimum absolute atomic E-state index is 0.0715. The zero-order chi connectivity index (χ0) is 14.7. The molecule has 106 valence electrons. The monoisotopic (exact) mass is 274 g/mol. The van der Waals surface area contributed by atoms with Gasteiger partial charge in [0.2, 0.25) is 0 Å². The molecule has 0 aliphatic carbocycles. The molecule has 0 aliphatic heterocycles. The summed E-state index contributed by atoms with van der Waals surface area (Å²) in [6, 6.07) is 7.40. The summed E-state index contributed by atoms with van der Waals surface area (Å²) in [5, 5.41) is 16.2. The first kappa shape index (κ1) is 13.9. The number of oxime groups is 1. The predicted molar refractivity (Wildman–Crippen MR) is 76.3 cm³/mol. The molecule has 0 saturated carbocycles. The van der Waals surface area contributed by atoms with Crippen LogP contribution < -0.4 is 10.5 Å². The third kappa shape index (κ3) is 2.74. The molecule has 0 fully saturated rings. The van der Waals surface area contributed by atoms with Crippen LogP contribution in [0.2, 0.25) is 0 Å². The smallest absolute Gasteiger partial charge is 0.170 e. The fourth-order valence-corrected chi connectivity index (χ4v) is 2.12. The van der Waals surface area contributed by atoms with Crippen molar-refractivity contribution in [2.45, 2.75) is 20.4 Å². The van der Waals surface area contributed by atoms with Gasteiger partial charge in [-0.05, 0) is 38.1 Å². The number of aromatic nitrogens is 2. The Morgan fingerprint density at radius 2 is 2.15 bits per heavy atom. The minimum Gasteiger partial charge on any atom is -0.496 e. The molecular formula is C14H18N4O2. The molecule has 0 radical (unpaired) electrons. The van der Waals surface area contributed by atoms with Crippen LogP contribution in [-0.4, -0.2) is 27.9 Å². The van der Waals surface area contributed by atoms with E-state index in [1.54, 1.807) is 19.2 Å². The summed E-state index contributed by atoms with van der Waals surface area (Å²) in [5.74, 6) is 0.814. The van der Waals surface area contributed by atoms with Gasteiger partial charge >= 0.3 is 0 Å². The number of benzene rings is 1. The summed E-state index contributed by atoms with van der Waals surface area (Å²) >= 11 is 0. The molecule has 20 heavy (non-hydrogen) atoms. The number of methoxy groups -OCH3 is 1. The minimum atomic E-state index is 0.0715. The van der Waals surface area contributed by atoms with Gasteiger partial charge in [0.05, 0.1) is 19.3 Å². The largest absolute Gasteiger partial charge is 0.496 e. The van der Waals surface area contributed by atoms with Crippen molar-refractivity contribution in [1.29, 1.82) is 0 Å². The van der Waals surface area contributed by atoms with E-state index in [-0.39, 0.29) is 5.84 Å². The molecule has 0 spiro atoms. The number of nitrogens with zero attached hydrogens (tertiary/aromatic N) is 3. The SMILES string of the molecule is COc1ccc(/C(N)=N/O)cc1Cn1nc(C)cc1C. The lowest BCUT2D eigenvalue weighted by molar-refractivity contribution is 0.318. The third-order valence-corrected chi connectivity index (χ3v) is 3.11. The molecule has 2 rings (SSSR count). The number of ether oxygens (including phenoxy) is 1. The maximum Gasteiger partial charge on any atom is 0.170 e. The van der Waals surface area contributed by atoms with Gasteiger partial charge in [0.1, 0.15) is 5.75 Å². The highest BCUT2D eigenvalue weighted by Gasteiger charge is 2.10. The highest BCUT2D eigenvalue weighted by molar-refractivity contribution is 5.97. The highest BCUT2D eigenvalue weighted by atomic mass is 16.5. The molecule has 0 saturated heterocycles. The van der Waals surface area contributed by atoms with Crippen molar-refractivity contribution in [3.05, 3.63) is 46.8 Å². The Labute approximate surface area is 117 Å². The molecule has 2 aromatic rings. The Morgan fingerprint density at radius 3 is 2.70 bits per heavy atom. The molecule has 1 heterocycles. The van der Waals surface area contributed by atoms with E-state index in [1.165, 1.54) is 0 Å². The molecule has 3 N–H and O–H groups in total. The Bertz CT molecular complexity index is 647. The summed E-state index contributed by atoms with van der Waals surface area (Å²) in [4.78, 5) is 0. The van der Waals surface area contributed by atoms with Crippen LogP contribution in [0, 0.1) is 13.8 Å². The molecule has 0 bridgehead atoms. The van der Waals surface area contributed by atoms with E-state index in [4.69, 9.17) is 15.7 Å². The number of nitrogens with two attached hydrogens (primary N) is 1. The first-order valence-corrected chi connectivity index (χ1v) is 6.21. The van der Waals surface area contributed by atoms with Gasteiger partial charge in [-0.1, -0.05) is 5.16 Å². The van der Waals surface area contributed by atoms with Gasteiger partial charge in [0, 0.05) is 16.8 Å². The van der Waals surface area contributed by atoms with Gasteiger partial charge in [-0.3, -0.25) is 4.68 Å². The van der Waals surface area contributed by atoms with Crippen molar-refractivity contribution in [3.63, 3.8) is 0 Å². The second kappa shape index (κ2) is 5.64. The Balaban J connectivity index is 2.41. The normalized spacial score (nSPS) is 11.7. The van der Waals surface area contributed by atoms with Gasteiger partial charge in [-0.15, -0.1) is 0 Å². The molecule has 0 atom stereocenters. The summed E-state index contributed by atoms with van der Waals surface area (Å²) in [6.07, 6.45) is 0. The zero-order valence-electron chi connectivity index (χ0n) is 11.8. The quantitative estimate of drug-likeness (QED) is 0.384. The lowest BCUT2D eigenvalue weighted by atomic mass is 10.1. The number of hydrogen-bond donors (Lipinski definition) is 2. The van der Waals surface area contributed by atoms with Crippen LogP contribution in [0.3, 0.4) is 0 Å². The van der Waals surface area contributed by atoms with Crippen LogP contribution in [-0.2, 0) is 6.54 Å². The number of amidine groups is 1. The topological polar surface area (TPSA) is 85.7 Å². The molecule has 6 nitrogen and oxygen atoms in total. The van der Waals surface area contributed by atoms with Crippen LogP contribution in [0.1, 0.15) is 22.5 Å². The predicted octanol–water partition coefficient (Wildman–Crippen LogP) is 1.65. The average molecular weight is 274 g/mol. The maximum absolute atomic E-state index is 8.76. The van der Waals surface area contributed by atoms with Crippen LogP contribution in [0.15, 0.2) is 29.4 Å². The summed E-state index contributed by atoms with van der Waals surface area (Å²) in [5.41, 5.74) is 9.22. The zero-order valence-corrected chi connectivity index (χ0v) is 11.8. The molecule has 0 aliphatic rings. The molecule has 0 unspecified atom stereocenters. The average Bonchev–Trinajstić information content (AvgIpc) is 2.76. The summed E-state index contributed by atoms with van der Waals surface area (Å²) in [7, 11) is 1.61. The van der Waals surface area contributed by atoms with Crippen molar-refractivity contribution in [2.24, 2.45) is 10.9 Å².